The molecule has 0 fully saturated rings. The summed E-state index contributed by atoms with van der Waals surface area (Å²) in [7, 11) is 0. The van der Waals surface area contributed by atoms with E-state index in [0.29, 0.717) is 49.9 Å². The summed E-state index contributed by atoms with van der Waals surface area (Å²) in [6.45, 7) is 4.94. The Morgan fingerprint density at radius 3 is 2.44 bits per heavy atom. The molecule has 0 aliphatic heterocycles. The third kappa shape index (κ3) is 6.04. The minimum atomic E-state index is -0.973. The molecule has 0 radical (unpaired) electrons. The average Bonchev–Trinajstić information content (AvgIpc) is 2.80. The second kappa shape index (κ2) is 11.2. The van der Waals surface area contributed by atoms with Crippen molar-refractivity contribution in [2.45, 2.75) is 39.3 Å². The van der Waals surface area contributed by atoms with Gasteiger partial charge < -0.3 is 14.6 Å². The number of ether oxygens (including phenoxy) is 2. The number of hydrogen-bond donors (Lipinski definition) is 1. The van der Waals surface area contributed by atoms with Crippen LogP contribution in [0.4, 0.5) is 0 Å². The molecule has 32 heavy (non-hydrogen) atoms. The lowest BCUT2D eigenvalue weighted by Gasteiger charge is -2.14. The second-order valence-corrected chi connectivity index (χ2v) is 7.23. The first-order chi connectivity index (χ1) is 15.5. The van der Waals surface area contributed by atoms with E-state index in [4.69, 9.17) is 14.5 Å². The van der Waals surface area contributed by atoms with Crippen LogP contribution >= 0.6 is 0 Å². The minimum absolute atomic E-state index is 0.0806. The number of hydrogen-bond acceptors (Lipinski definition) is 5. The Hall–Kier alpha value is -3.45. The summed E-state index contributed by atoms with van der Waals surface area (Å²) in [6.07, 6.45) is -0.0835. The molecule has 0 bridgehead atoms. The molecule has 1 atom stereocenters. The Kier molecular flexibility index (Phi) is 8.16. The Bertz CT molecular complexity index is 1080. The Labute approximate surface area is 187 Å². The molecule has 1 N–H and O–H groups in total. The maximum absolute atomic E-state index is 12.5. The van der Waals surface area contributed by atoms with Gasteiger partial charge in [0.15, 0.2) is 6.10 Å². The summed E-state index contributed by atoms with van der Waals surface area (Å²) in [6, 6.07) is 18.5. The van der Waals surface area contributed by atoms with Crippen molar-refractivity contribution in [2.24, 2.45) is 0 Å². The van der Waals surface area contributed by atoms with Crippen LogP contribution in [0, 0.1) is 0 Å². The molecule has 3 rings (SSSR count). The van der Waals surface area contributed by atoms with Crippen molar-refractivity contribution in [3.63, 3.8) is 0 Å². The van der Waals surface area contributed by atoms with E-state index < -0.39 is 12.1 Å². The molecular formula is C25H28N2O5. The average molecular weight is 437 g/mol. The number of carboxylic acid groups (broad SMARTS) is 1. The Morgan fingerprint density at radius 2 is 1.81 bits per heavy atom. The lowest BCUT2D eigenvalue weighted by Crippen LogP contribution is -2.26. The molecule has 0 aliphatic carbocycles. The van der Waals surface area contributed by atoms with E-state index in [1.54, 1.807) is 29.7 Å². The van der Waals surface area contributed by atoms with Crippen LogP contribution in [0.2, 0.25) is 0 Å². The molecule has 0 saturated heterocycles. The molecule has 0 aliphatic rings. The van der Waals surface area contributed by atoms with E-state index in [0.717, 1.165) is 11.1 Å². The Balaban J connectivity index is 1.65. The van der Waals surface area contributed by atoms with Crippen molar-refractivity contribution in [3.8, 4) is 17.0 Å². The molecule has 1 heterocycles. The molecule has 0 amide bonds. The molecule has 3 aromatic rings. The summed E-state index contributed by atoms with van der Waals surface area (Å²) >= 11 is 0. The molecule has 0 spiro atoms. The third-order valence-corrected chi connectivity index (χ3v) is 5.06. The van der Waals surface area contributed by atoms with Gasteiger partial charge in [0.05, 0.1) is 12.3 Å². The predicted molar refractivity (Wildman–Crippen MR) is 122 cm³/mol. The van der Waals surface area contributed by atoms with Gasteiger partial charge in [-0.1, -0.05) is 42.5 Å². The van der Waals surface area contributed by atoms with Gasteiger partial charge in [0.2, 0.25) is 0 Å². The molecule has 0 saturated carbocycles. The fourth-order valence-electron chi connectivity index (χ4n) is 3.45. The topological polar surface area (TPSA) is 90.7 Å². The first-order valence-corrected chi connectivity index (χ1v) is 10.7. The van der Waals surface area contributed by atoms with Crippen LogP contribution < -0.4 is 10.3 Å². The SMILES string of the molecule is CCOC(Cc1ccc(OCCc2nc(-c3ccccc3)cc(=O)n2CC)cc1)C(=O)O. The van der Waals surface area contributed by atoms with Gasteiger partial charge >= 0.3 is 5.97 Å². The highest BCUT2D eigenvalue weighted by molar-refractivity contribution is 5.72. The van der Waals surface area contributed by atoms with Crippen molar-refractivity contribution in [1.82, 2.24) is 9.55 Å². The number of carbonyl (C=O) groups is 1. The van der Waals surface area contributed by atoms with E-state index >= 15 is 0 Å². The minimum Gasteiger partial charge on any atom is -0.493 e. The first kappa shape index (κ1) is 23.2. The molecule has 2 aromatic carbocycles. The van der Waals surface area contributed by atoms with Crippen molar-refractivity contribution in [1.29, 1.82) is 0 Å². The quantitative estimate of drug-likeness (QED) is 0.494. The standard InChI is InChI=1S/C25H28N2O5/c1-3-27-23(26-21(17-24(27)28)19-8-6-5-7-9-19)14-15-32-20-12-10-18(11-13-20)16-22(25(29)30)31-4-2/h5-13,17,22H,3-4,14-16H2,1-2H3,(H,29,30). The number of nitrogens with zero attached hydrogens (tertiary/aromatic N) is 2. The smallest absolute Gasteiger partial charge is 0.333 e. The van der Waals surface area contributed by atoms with Crippen molar-refractivity contribution < 1.29 is 19.4 Å². The lowest BCUT2D eigenvalue weighted by molar-refractivity contribution is -0.149. The van der Waals surface area contributed by atoms with E-state index in [1.165, 1.54) is 0 Å². The highest BCUT2D eigenvalue weighted by Crippen LogP contribution is 2.17. The normalized spacial score (nSPS) is 11.8. The molecule has 168 valence electrons. The van der Waals surface area contributed by atoms with Gasteiger partial charge in [0.1, 0.15) is 11.6 Å². The van der Waals surface area contributed by atoms with Crippen LogP contribution in [0.5, 0.6) is 5.75 Å². The predicted octanol–water partition coefficient (Wildman–Crippen LogP) is 3.58. The van der Waals surface area contributed by atoms with E-state index in [9.17, 15) is 14.7 Å². The summed E-state index contributed by atoms with van der Waals surface area (Å²) in [5.41, 5.74) is 2.33. The van der Waals surface area contributed by atoms with Crippen molar-refractivity contribution in [2.75, 3.05) is 13.2 Å². The van der Waals surface area contributed by atoms with Gasteiger partial charge in [-0.2, -0.15) is 0 Å². The van der Waals surface area contributed by atoms with Gasteiger partial charge in [-0.25, -0.2) is 9.78 Å². The number of rotatable bonds is 11. The summed E-state index contributed by atoms with van der Waals surface area (Å²) in [5.74, 6) is 0.373. The van der Waals surface area contributed by atoms with E-state index in [1.807, 2.05) is 49.4 Å². The molecule has 1 unspecified atom stereocenters. The molecule has 1 aromatic heterocycles. The van der Waals surface area contributed by atoms with Crippen LogP contribution in [0.1, 0.15) is 25.2 Å². The van der Waals surface area contributed by atoms with Gasteiger partial charge in [0, 0.05) is 37.6 Å². The van der Waals surface area contributed by atoms with Crippen LogP contribution in [-0.4, -0.2) is 39.9 Å². The molecular weight excluding hydrogens is 408 g/mol. The summed E-state index contributed by atoms with van der Waals surface area (Å²) < 4.78 is 12.8. The van der Waals surface area contributed by atoms with Crippen LogP contribution in [0.15, 0.2) is 65.5 Å². The van der Waals surface area contributed by atoms with Crippen LogP contribution in [0.3, 0.4) is 0 Å². The van der Waals surface area contributed by atoms with Gasteiger partial charge in [-0.15, -0.1) is 0 Å². The molecule has 7 nitrogen and oxygen atoms in total. The monoisotopic (exact) mass is 436 g/mol. The fourth-order valence-corrected chi connectivity index (χ4v) is 3.45. The summed E-state index contributed by atoms with van der Waals surface area (Å²) in [5, 5.41) is 9.22. The number of benzene rings is 2. The van der Waals surface area contributed by atoms with Crippen LogP contribution in [0.25, 0.3) is 11.3 Å². The van der Waals surface area contributed by atoms with Gasteiger partial charge in [-0.05, 0) is 31.5 Å². The van der Waals surface area contributed by atoms with E-state index in [-0.39, 0.29) is 5.56 Å². The Morgan fingerprint density at radius 1 is 1.09 bits per heavy atom. The largest absolute Gasteiger partial charge is 0.493 e. The highest BCUT2D eigenvalue weighted by atomic mass is 16.5. The zero-order valence-electron chi connectivity index (χ0n) is 18.4. The summed E-state index contributed by atoms with van der Waals surface area (Å²) in [4.78, 5) is 28.5. The van der Waals surface area contributed by atoms with Crippen LogP contribution in [-0.2, 0) is 28.9 Å². The first-order valence-electron chi connectivity index (χ1n) is 10.7. The number of carboxylic acids is 1. The number of aliphatic carboxylic acids is 1. The third-order valence-electron chi connectivity index (χ3n) is 5.06. The lowest BCUT2D eigenvalue weighted by atomic mass is 10.1. The number of aromatic nitrogens is 2. The zero-order valence-corrected chi connectivity index (χ0v) is 18.4. The maximum Gasteiger partial charge on any atom is 0.333 e. The van der Waals surface area contributed by atoms with Crippen molar-refractivity contribution in [3.05, 3.63) is 82.4 Å². The van der Waals surface area contributed by atoms with Gasteiger partial charge in [-0.3, -0.25) is 9.36 Å². The van der Waals surface area contributed by atoms with E-state index in [2.05, 4.69) is 0 Å². The van der Waals surface area contributed by atoms with Gasteiger partial charge in [0.25, 0.3) is 5.56 Å². The van der Waals surface area contributed by atoms with Crippen molar-refractivity contribution >= 4 is 5.97 Å². The maximum atomic E-state index is 12.5. The second-order valence-electron chi connectivity index (χ2n) is 7.23. The fraction of sp³-hybridized carbons (Fsp3) is 0.320. The highest BCUT2D eigenvalue weighted by Gasteiger charge is 2.17. The zero-order chi connectivity index (χ0) is 22.9. The molecule has 7 heteroatoms.